The largest absolute Gasteiger partial charge is 0.369 e. The summed E-state index contributed by atoms with van der Waals surface area (Å²) in [6.07, 6.45) is 0. The highest BCUT2D eigenvalue weighted by atomic mass is 32.1. The summed E-state index contributed by atoms with van der Waals surface area (Å²) in [5.74, 6) is 0.383. The fourth-order valence-electron chi connectivity index (χ4n) is 1.35. The molecule has 0 radical (unpaired) electrons. The zero-order valence-electron chi connectivity index (χ0n) is 10.6. The van der Waals surface area contributed by atoms with E-state index in [1.807, 2.05) is 46.1 Å². The van der Waals surface area contributed by atoms with Crippen molar-refractivity contribution in [1.29, 1.82) is 0 Å². The van der Waals surface area contributed by atoms with Gasteiger partial charge >= 0.3 is 0 Å². The Bertz CT molecular complexity index is 432. The smallest absolute Gasteiger partial charge is 0.200 e. The Labute approximate surface area is 108 Å². The quantitative estimate of drug-likeness (QED) is 0.454. The first kappa shape index (κ1) is 13.4. The van der Waals surface area contributed by atoms with Crippen LogP contribution in [-0.4, -0.2) is 30.1 Å². The first-order valence-electron chi connectivity index (χ1n) is 5.30. The van der Waals surface area contributed by atoms with Crippen molar-refractivity contribution in [3.05, 3.63) is 29.3 Å². The summed E-state index contributed by atoms with van der Waals surface area (Å²) in [5, 5.41) is 3.47. The third-order valence-corrected chi connectivity index (χ3v) is 2.58. The first-order valence-corrected chi connectivity index (χ1v) is 5.71. The van der Waals surface area contributed by atoms with Crippen LogP contribution in [0.5, 0.6) is 0 Å². The molecule has 0 saturated carbocycles. The van der Waals surface area contributed by atoms with Crippen LogP contribution in [0.4, 0.5) is 5.69 Å². The molecule has 0 aliphatic rings. The molecular formula is C12H18N4S. The highest BCUT2D eigenvalue weighted by molar-refractivity contribution is 7.80. The summed E-state index contributed by atoms with van der Waals surface area (Å²) in [7, 11) is 3.64. The van der Waals surface area contributed by atoms with E-state index in [-0.39, 0.29) is 0 Å². The Balaban J connectivity index is 2.86. The Hall–Kier alpha value is -1.62. The number of aliphatic imine (C=N–C) groups is 1. The van der Waals surface area contributed by atoms with Crippen LogP contribution < -0.4 is 11.1 Å². The van der Waals surface area contributed by atoms with E-state index < -0.39 is 0 Å². The molecule has 0 fully saturated rings. The number of nitrogens with zero attached hydrogens (tertiary/aromatic N) is 2. The second-order valence-electron chi connectivity index (χ2n) is 4.06. The van der Waals surface area contributed by atoms with E-state index in [4.69, 9.17) is 18.0 Å². The summed E-state index contributed by atoms with van der Waals surface area (Å²) in [6.45, 7) is 4.05. The lowest BCUT2D eigenvalue weighted by atomic mass is 10.1. The maximum absolute atomic E-state index is 5.70. The second kappa shape index (κ2) is 5.63. The molecule has 1 aromatic rings. The van der Waals surface area contributed by atoms with E-state index in [9.17, 15) is 0 Å². The van der Waals surface area contributed by atoms with Gasteiger partial charge in [0.15, 0.2) is 5.96 Å². The average Bonchev–Trinajstić information content (AvgIpc) is 2.23. The third kappa shape index (κ3) is 3.71. The number of anilines is 1. The van der Waals surface area contributed by atoms with E-state index in [0.29, 0.717) is 11.1 Å². The fourth-order valence-corrected chi connectivity index (χ4v) is 1.55. The minimum Gasteiger partial charge on any atom is -0.369 e. The molecule has 92 valence electrons. The van der Waals surface area contributed by atoms with E-state index in [0.717, 1.165) is 16.8 Å². The van der Waals surface area contributed by atoms with E-state index in [2.05, 4.69) is 10.3 Å². The minimum atomic E-state index is 0.369. The van der Waals surface area contributed by atoms with Gasteiger partial charge < -0.3 is 16.0 Å². The molecule has 0 unspecified atom stereocenters. The number of aryl methyl sites for hydroxylation is 2. The molecule has 17 heavy (non-hydrogen) atoms. The van der Waals surface area contributed by atoms with Gasteiger partial charge in [-0.1, -0.05) is 18.2 Å². The van der Waals surface area contributed by atoms with E-state index >= 15 is 0 Å². The number of hydrogen-bond donors (Lipinski definition) is 2. The van der Waals surface area contributed by atoms with Crippen LogP contribution in [0.3, 0.4) is 0 Å². The summed E-state index contributed by atoms with van der Waals surface area (Å²) >= 11 is 5.15. The number of guanidine groups is 1. The molecule has 0 aliphatic carbocycles. The molecule has 3 N–H and O–H groups in total. The zero-order valence-corrected chi connectivity index (χ0v) is 11.4. The van der Waals surface area contributed by atoms with Crippen molar-refractivity contribution in [2.24, 2.45) is 10.7 Å². The van der Waals surface area contributed by atoms with Crippen LogP contribution in [0.2, 0.25) is 0 Å². The Morgan fingerprint density at radius 3 is 2.29 bits per heavy atom. The maximum Gasteiger partial charge on any atom is 0.200 e. The van der Waals surface area contributed by atoms with Crippen LogP contribution >= 0.6 is 12.2 Å². The summed E-state index contributed by atoms with van der Waals surface area (Å²) < 4.78 is 0. The van der Waals surface area contributed by atoms with Crippen LogP contribution in [0.1, 0.15) is 11.1 Å². The third-order valence-electron chi connectivity index (χ3n) is 2.39. The van der Waals surface area contributed by atoms with Crippen LogP contribution in [0, 0.1) is 13.8 Å². The van der Waals surface area contributed by atoms with Crippen molar-refractivity contribution in [1.82, 2.24) is 4.90 Å². The standard InChI is InChI=1S/C12H18N4S/c1-8-6-5-7-9(2)10(8)14-12(17)15-11(13)16(3)4/h5-7H,1-4H3,(H3,13,14,15,17). The molecule has 0 amide bonds. The Kier molecular flexibility index (Phi) is 4.45. The number of nitrogens with two attached hydrogens (primary N) is 1. The van der Waals surface area contributed by atoms with Gasteiger partial charge in [-0.05, 0) is 37.2 Å². The predicted octanol–water partition coefficient (Wildman–Crippen LogP) is 1.88. The van der Waals surface area contributed by atoms with Gasteiger partial charge in [-0.15, -0.1) is 0 Å². The molecule has 0 aromatic heterocycles. The van der Waals surface area contributed by atoms with Gasteiger partial charge in [-0.3, -0.25) is 0 Å². The average molecular weight is 250 g/mol. The van der Waals surface area contributed by atoms with Crippen molar-refractivity contribution >= 4 is 29.0 Å². The summed E-state index contributed by atoms with van der Waals surface area (Å²) in [4.78, 5) is 5.80. The topological polar surface area (TPSA) is 53.6 Å². The van der Waals surface area contributed by atoms with Gasteiger partial charge in [-0.25, -0.2) is 0 Å². The minimum absolute atomic E-state index is 0.369. The van der Waals surface area contributed by atoms with Gasteiger partial charge in [0, 0.05) is 19.8 Å². The van der Waals surface area contributed by atoms with Crippen molar-refractivity contribution in [2.75, 3.05) is 19.4 Å². The highest BCUT2D eigenvalue weighted by Crippen LogP contribution is 2.19. The number of para-hydroxylation sites is 1. The van der Waals surface area contributed by atoms with Gasteiger partial charge in [0.2, 0.25) is 5.11 Å². The fraction of sp³-hybridized carbons (Fsp3) is 0.333. The van der Waals surface area contributed by atoms with Gasteiger partial charge in [0.05, 0.1) is 0 Å². The van der Waals surface area contributed by atoms with Crippen LogP contribution in [-0.2, 0) is 0 Å². The molecule has 0 heterocycles. The molecule has 4 nitrogen and oxygen atoms in total. The van der Waals surface area contributed by atoms with Gasteiger partial charge in [0.25, 0.3) is 0 Å². The second-order valence-corrected chi connectivity index (χ2v) is 4.45. The van der Waals surface area contributed by atoms with Crippen molar-refractivity contribution in [3.8, 4) is 0 Å². The lowest BCUT2D eigenvalue weighted by Gasteiger charge is -2.13. The monoisotopic (exact) mass is 250 g/mol. The van der Waals surface area contributed by atoms with Crippen LogP contribution in [0.15, 0.2) is 23.2 Å². The molecule has 0 aliphatic heterocycles. The summed E-state index contributed by atoms with van der Waals surface area (Å²) in [6, 6.07) is 6.06. The maximum atomic E-state index is 5.70. The van der Waals surface area contributed by atoms with Crippen molar-refractivity contribution in [3.63, 3.8) is 0 Å². The number of hydrogen-bond acceptors (Lipinski definition) is 1. The molecule has 1 aromatic carbocycles. The summed E-state index contributed by atoms with van der Waals surface area (Å²) in [5.41, 5.74) is 8.95. The Morgan fingerprint density at radius 2 is 1.82 bits per heavy atom. The van der Waals surface area contributed by atoms with Crippen LogP contribution in [0.25, 0.3) is 0 Å². The molecule has 0 spiro atoms. The van der Waals surface area contributed by atoms with E-state index in [1.165, 1.54) is 0 Å². The number of rotatable bonds is 1. The van der Waals surface area contributed by atoms with Gasteiger partial charge in [-0.2, -0.15) is 4.99 Å². The van der Waals surface area contributed by atoms with Gasteiger partial charge in [0.1, 0.15) is 0 Å². The first-order chi connectivity index (χ1) is 7.91. The number of benzene rings is 1. The lowest BCUT2D eigenvalue weighted by Crippen LogP contribution is -2.32. The predicted molar refractivity (Wildman–Crippen MR) is 77.4 cm³/mol. The zero-order chi connectivity index (χ0) is 13.0. The number of nitrogens with one attached hydrogen (secondary N) is 1. The molecule has 1 rings (SSSR count). The lowest BCUT2D eigenvalue weighted by molar-refractivity contribution is 0.616. The van der Waals surface area contributed by atoms with Crippen molar-refractivity contribution < 1.29 is 0 Å². The molecule has 0 atom stereocenters. The molecular weight excluding hydrogens is 232 g/mol. The molecule has 0 bridgehead atoms. The van der Waals surface area contributed by atoms with Crippen molar-refractivity contribution in [2.45, 2.75) is 13.8 Å². The van der Waals surface area contributed by atoms with E-state index in [1.54, 1.807) is 4.90 Å². The molecule has 0 saturated heterocycles. The Morgan fingerprint density at radius 1 is 1.29 bits per heavy atom. The molecule has 5 heteroatoms. The normalized spacial score (nSPS) is 11.2. The number of thiocarbonyl (C=S) groups is 1. The SMILES string of the molecule is Cc1cccc(C)c1NC(=S)N=C(N)N(C)C. The highest BCUT2D eigenvalue weighted by Gasteiger charge is 2.04.